The van der Waals surface area contributed by atoms with Crippen LogP contribution >= 0.6 is 11.3 Å². The summed E-state index contributed by atoms with van der Waals surface area (Å²) >= 11 is 1.86. The van der Waals surface area contributed by atoms with E-state index in [0.717, 1.165) is 22.3 Å². The molecule has 0 bridgehead atoms. The minimum atomic E-state index is 0.646. The van der Waals surface area contributed by atoms with Crippen molar-refractivity contribution in [2.24, 2.45) is 0 Å². The van der Waals surface area contributed by atoms with Gasteiger partial charge in [0.2, 0.25) is 0 Å². The van der Waals surface area contributed by atoms with Crippen LogP contribution in [0.5, 0.6) is 0 Å². The van der Waals surface area contributed by atoms with Crippen LogP contribution in [0.3, 0.4) is 0 Å². The molecule has 10 aromatic rings. The predicted octanol–water partition coefficient (Wildman–Crippen LogP) is 12.9. The van der Waals surface area contributed by atoms with Gasteiger partial charge in [0, 0.05) is 36.9 Å². The highest BCUT2D eigenvalue weighted by molar-refractivity contribution is 7.25. The van der Waals surface area contributed by atoms with Crippen molar-refractivity contribution in [3.8, 4) is 56.4 Å². The van der Waals surface area contributed by atoms with E-state index in [1.165, 1.54) is 58.4 Å². The van der Waals surface area contributed by atoms with Gasteiger partial charge < -0.3 is 0 Å². The monoisotopic (exact) mass is 667 g/mol. The van der Waals surface area contributed by atoms with Crippen LogP contribution in [0, 0.1) is 0 Å². The Kier molecular flexibility index (Phi) is 7.00. The summed E-state index contributed by atoms with van der Waals surface area (Å²) in [5.74, 6) is 1.96. The van der Waals surface area contributed by atoms with Gasteiger partial charge in [0.25, 0.3) is 0 Å². The van der Waals surface area contributed by atoms with E-state index in [4.69, 9.17) is 15.0 Å². The van der Waals surface area contributed by atoms with Crippen molar-refractivity contribution in [1.82, 2.24) is 15.0 Å². The number of fused-ring (bicyclic) bond motifs is 6. The van der Waals surface area contributed by atoms with E-state index in [1.807, 2.05) is 72.0 Å². The summed E-state index contributed by atoms with van der Waals surface area (Å²) in [4.78, 5) is 14.9. The van der Waals surface area contributed by atoms with Crippen LogP contribution in [-0.2, 0) is 0 Å². The molecule has 0 fully saturated rings. The van der Waals surface area contributed by atoms with Crippen molar-refractivity contribution in [3.63, 3.8) is 0 Å². The Hall–Kier alpha value is -6.49. The van der Waals surface area contributed by atoms with E-state index in [0.29, 0.717) is 17.5 Å². The summed E-state index contributed by atoms with van der Waals surface area (Å²) in [5, 5.41) is 7.59. The fraction of sp³-hybridized carbons (Fsp3) is 0. The Balaban J connectivity index is 1.18. The van der Waals surface area contributed by atoms with Crippen LogP contribution in [-0.4, -0.2) is 15.0 Å². The van der Waals surface area contributed by atoms with Gasteiger partial charge in [-0.1, -0.05) is 164 Å². The van der Waals surface area contributed by atoms with E-state index in [2.05, 4.69) is 115 Å². The van der Waals surface area contributed by atoms with Gasteiger partial charge in [0.05, 0.1) is 0 Å². The maximum Gasteiger partial charge on any atom is 0.164 e. The molecule has 0 aliphatic heterocycles. The van der Waals surface area contributed by atoms with Crippen molar-refractivity contribution < 1.29 is 0 Å². The van der Waals surface area contributed by atoms with E-state index in [1.54, 1.807) is 0 Å². The summed E-state index contributed by atoms with van der Waals surface area (Å²) < 4.78 is 2.61. The third-order valence-corrected chi connectivity index (χ3v) is 10.9. The third-order valence-electron chi connectivity index (χ3n) is 9.73. The number of thiophene rings is 1. The Bertz CT molecular complexity index is 2840. The summed E-state index contributed by atoms with van der Waals surface area (Å²) in [6, 6.07) is 62.3. The largest absolute Gasteiger partial charge is 0.208 e. The molecule has 0 aliphatic rings. The predicted molar refractivity (Wildman–Crippen MR) is 215 cm³/mol. The molecule has 10 rings (SSSR count). The van der Waals surface area contributed by atoms with Crippen molar-refractivity contribution in [1.29, 1.82) is 0 Å². The number of aromatic nitrogens is 3. The van der Waals surface area contributed by atoms with Crippen molar-refractivity contribution in [2.75, 3.05) is 0 Å². The van der Waals surface area contributed by atoms with Crippen molar-refractivity contribution in [2.45, 2.75) is 0 Å². The molecule has 238 valence electrons. The maximum absolute atomic E-state index is 4.98. The second-order valence-electron chi connectivity index (χ2n) is 12.8. The van der Waals surface area contributed by atoms with Crippen LogP contribution < -0.4 is 0 Å². The number of rotatable bonds is 5. The number of nitrogens with zero attached hydrogens (tertiary/aromatic N) is 3. The summed E-state index contributed by atoms with van der Waals surface area (Å²) in [7, 11) is 0. The molecule has 0 spiro atoms. The number of benzene rings is 8. The zero-order valence-corrected chi connectivity index (χ0v) is 28.3. The average molecular weight is 668 g/mol. The van der Waals surface area contributed by atoms with Crippen LogP contribution in [0.15, 0.2) is 176 Å². The molecule has 51 heavy (non-hydrogen) atoms. The fourth-order valence-electron chi connectivity index (χ4n) is 7.35. The third kappa shape index (κ3) is 5.08. The first-order chi connectivity index (χ1) is 25.3. The molecule has 2 heterocycles. The SMILES string of the molecule is c1ccc(-c2nc(-c3ccccc3)nc(-c3ccc(-c4c(-c5ccc6c(c5)sc5ccccc56)c5ccccc5c5ccccc45)cc3)n2)cc1. The minimum absolute atomic E-state index is 0.646. The molecular formula is C47H29N3S. The van der Waals surface area contributed by atoms with E-state index >= 15 is 0 Å². The Labute approximate surface area is 299 Å². The van der Waals surface area contributed by atoms with Crippen LogP contribution in [0.1, 0.15) is 0 Å². The molecule has 0 radical (unpaired) electrons. The first-order valence-corrected chi connectivity index (χ1v) is 17.9. The lowest BCUT2D eigenvalue weighted by molar-refractivity contribution is 1.07. The molecule has 0 amide bonds. The van der Waals surface area contributed by atoms with Crippen LogP contribution in [0.2, 0.25) is 0 Å². The highest BCUT2D eigenvalue weighted by Gasteiger charge is 2.19. The molecule has 0 N–H and O–H groups in total. The molecule has 0 aliphatic carbocycles. The molecule has 2 aromatic heterocycles. The van der Waals surface area contributed by atoms with Crippen molar-refractivity contribution >= 4 is 53.1 Å². The Morgan fingerprint density at radius 3 is 1.24 bits per heavy atom. The van der Waals surface area contributed by atoms with E-state index in [-0.39, 0.29) is 0 Å². The summed E-state index contributed by atoms with van der Waals surface area (Å²) in [6.45, 7) is 0. The smallest absolute Gasteiger partial charge is 0.164 e. The van der Waals surface area contributed by atoms with Gasteiger partial charge in [-0.15, -0.1) is 11.3 Å². The molecule has 0 atom stereocenters. The minimum Gasteiger partial charge on any atom is -0.208 e. The average Bonchev–Trinajstić information content (AvgIpc) is 3.59. The first-order valence-electron chi connectivity index (χ1n) is 17.1. The lowest BCUT2D eigenvalue weighted by atomic mass is 9.84. The molecule has 0 unspecified atom stereocenters. The van der Waals surface area contributed by atoms with Crippen molar-refractivity contribution in [3.05, 3.63) is 176 Å². The van der Waals surface area contributed by atoms with Crippen LogP contribution in [0.4, 0.5) is 0 Å². The van der Waals surface area contributed by atoms with Gasteiger partial charge >= 0.3 is 0 Å². The zero-order chi connectivity index (χ0) is 33.7. The molecule has 0 saturated heterocycles. The topological polar surface area (TPSA) is 38.7 Å². The maximum atomic E-state index is 4.98. The fourth-order valence-corrected chi connectivity index (χ4v) is 8.49. The molecule has 3 nitrogen and oxygen atoms in total. The van der Waals surface area contributed by atoms with Gasteiger partial charge in [-0.2, -0.15) is 0 Å². The lowest BCUT2D eigenvalue weighted by Crippen LogP contribution is -2.00. The standard InChI is InChI=1S/C47H29N3S/c1-3-13-31(14-4-1)45-48-46(32-15-5-2-6-16-32)50-47(49-45)33-25-23-30(24-26-33)43-39-20-9-7-17-35(39)36-18-8-10-21-40(36)44(43)34-27-28-38-37-19-11-12-22-41(37)51-42(38)29-34/h1-29H. The highest BCUT2D eigenvalue weighted by Crippen LogP contribution is 2.46. The molecular weight excluding hydrogens is 639 g/mol. The van der Waals surface area contributed by atoms with Gasteiger partial charge in [-0.05, 0) is 55.9 Å². The van der Waals surface area contributed by atoms with Gasteiger partial charge in [0.1, 0.15) is 0 Å². The molecule has 0 saturated carbocycles. The number of hydrogen-bond donors (Lipinski definition) is 0. The molecule has 4 heteroatoms. The number of hydrogen-bond acceptors (Lipinski definition) is 4. The quantitative estimate of drug-likeness (QED) is 0.171. The normalized spacial score (nSPS) is 11.5. The zero-order valence-electron chi connectivity index (χ0n) is 27.5. The summed E-state index contributed by atoms with van der Waals surface area (Å²) in [5.41, 5.74) is 7.68. The molecule has 8 aromatic carbocycles. The second kappa shape index (κ2) is 12.1. The van der Waals surface area contributed by atoms with Crippen LogP contribution in [0.25, 0.3) is 98.1 Å². The van der Waals surface area contributed by atoms with E-state index in [9.17, 15) is 0 Å². The second-order valence-corrected chi connectivity index (χ2v) is 13.8. The lowest BCUT2D eigenvalue weighted by Gasteiger charge is -2.19. The highest BCUT2D eigenvalue weighted by atomic mass is 32.1. The Morgan fingerprint density at radius 2 is 0.667 bits per heavy atom. The Morgan fingerprint density at radius 1 is 0.275 bits per heavy atom. The summed E-state index contributed by atoms with van der Waals surface area (Å²) in [6.07, 6.45) is 0. The van der Waals surface area contributed by atoms with Gasteiger partial charge in [-0.3, -0.25) is 0 Å². The van der Waals surface area contributed by atoms with Gasteiger partial charge in [-0.25, -0.2) is 15.0 Å². The van der Waals surface area contributed by atoms with E-state index < -0.39 is 0 Å². The van der Waals surface area contributed by atoms with Gasteiger partial charge in [0.15, 0.2) is 17.5 Å². The first kappa shape index (κ1) is 29.4.